The van der Waals surface area contributed by atoms with E-state index in [2.05, 4.69) is 26.3 Å². The van der Waals surface area contributed by atoms with E-state index in [-0.39, 0.29) is 5.91 Å². The molecule has 0 unspecified atom stereocenters. The molecule has 0 saturated carbocycles. The summed E-state index contributed by atoms with van der Waals surface area (Å²) in [5.74, 6) is -0.180. The minimum Gasteiger partial charge on any atom is -0.398 e. The Labute approximate surface area is 126 Å². The molecule has 2 rings (SSSR count). The normalized spacial score (nSPS) is 10.6. The number of nitrogens with zero attached hydrogens (tertiary/aromatic N) is 2. The number of aromatic nitrogens is 2. The van der Waals surface area contributed by atoms with Gasteiger partial charge in [-0.15, -0.1) is 0 Å². The van der Waals surface area contributed by atoms with Crippen LogP contribution >= 0.6 is 15.9 Å². The second-order valence-electron chi connectivity index (χ2n) is 4.38. The van der Waals surface area contributed by atoms with Crippen molar-refractivity contribution in [2.45, 2.75) is 26.8 Å². The summed E-state index contributed by atoms with van der Waals surface area (Å²) >= 11 is 3.32. The number of halogens is 1. The Morgan fingerprint density at radius 1 is 1.40 bits per heavy atom. The third-order valence-electron chi connectivity index (χ3n) is 2.98. The minimum atomic E-state index is -0.180. The number of carbonyl (C=O) groups excluding carboxylic acids is 1. The lowest BCUT2D eigenvalue weighted by molar-refractivity contribution is 0.101. The van der Waals surface area contributed by atoms with Gasteiger partial charge in [-0.1, -0.05) is 6.92 Å². The van der Waals surface area contributed by atoms with Gasteiger partial charge in [0.05, 0.1) is 5.69 Å². The first-order chi connectivity index (χ1) is 9.55. The van der Waals surface area contributed by atoms with Crippen molar-refractivity contribution < 1.29 is 4.79 Å². The number of nitrogen functional groups attached to an aromatic ring is 1. The lowest BCUT2D eigenvalue weighted by atomic mass is 10.2. The van der Waals surface area contributed by atoms with E-state index in [0.29, 0.717) is 23.6 Å². The molecule has 0 saturated heterocycles. The predicted octanol–water partition coefficient (Wildman–Crippen LogP) is 3.06. The third-order valence-corrected chi connectivity index (χ3v) is 3.70. The number of amides is 1. The summed E-state index contributed by atoms with van der Waals surface area (Å²) < 4.78 is 2.51. The van der Waals surface area contributed by atoms with Gasteiger partial charge >= 0.3 is 0 Å². The standard InChI is InChI=1S/C14H17BrN4O/c1-3-9-8-13(19(4-2)18-9)14(20)17-10-5-6-11(15)12(16)7-10/h5-8H,3-4,16H2,1-2H3,(H,17,20). The highest BCUT2D eigenvalue weighted by atomic mass is 79.9. The van der Waals surface area contributed by atoms with Gasteiger partial charge in [0.2, 0.25) is 0 Å². The van der Waals surface area contributed by atoms with Crippen LogP contribution in [0.3, 0.4) is 0 Å². The maximum Gasteiger partial charge on any atom is 0.273 e. The van der Waals surface area contributed by atoms with Crippen molar-refractivity contribution in [3.63, 3.8) is 0 Å². The number of hydrogen-bond acceptors (Lipinski definition) is 3. The van der Waals surface area contributed by atoms with Gasteiger partial charge < -0.3 is 11.1 Å². The summed E-state index contributed by atoms with van der Waals surface area (Å²) in [6.07, 6.45) is 0.804. The minimum absolute atomic E-state index is 0.180. The summed E-state index contributed by atoms with van der Waals surface area (Å²) in [5, 5.41) is 7.20. The molecule has 0 spiro atoms. The summed E-state index contributed by atoms with van der Waals surface area (Å²) in [6, 6.07) is 7.14. The van der Waals surface area contributed by atoms with Gasteiger partial charge in [-0.2, -0.15) is 5.10 Å². The van der Waals surface area contributed by atoms with E-state index < -0.39 is 0 Å². The quantitative estimate of drug-likeness (QED) is 0.842. The fraction of sp³-hybridized carbons (Fsp3) is 0.286. The molecule has 0 fully saturated rings. The van der Waals surface area contributed by atoms with Crippen LogP contribution in [-0.4, -0.2) is 15.7 Å². The number of hydrogen-bond donors (Lipinski definition) is 2. The molecule has 1 heterocycles. The SMILES string of the molecule is CCc1cc(C(=O)Nc2ccc(Br)c(N)c2)n(CC)n1. The van der Waals surface area contributed by atoms with Gasteiger partial charge in [-0.05, 0) is 53.5 Å². The van der Waals surface area contributed by atoms with E-state index in [1.54, 1.807) is 22.9 Å². The van der Waals surface area contributed by atoms with Crippen LogP contribution in [0.25, 0.3) is 0 Å². The van der Waals surface area contributed by atoms with E-state index in [0.717, 1.165) is 16.6 Å². The molecule has 20 heavy (non-hydrogen) atoms. The molecule has 1 aromatic heterocycles. The van der Waals surface area contributed by atoms with Crippen LogP contribution in [0.15, 0.2) is 28.7 Å². The molecule has 5 nitrogen and oxygen atoms in total. The van der Waals surface area contributed by atoms with E-state index in [4.69, 9.17) is 5.73 Å². The molecule has 0 bridgehead atoms. The highest BCUT2D eigenvalue weighted by Crippen LogP contribution is 2.23. The van der Waals surface area contributed by atoms with Crippen molar-refractivity contribution in [3.8, 4) is 0 Å². The molecule has 0 aliphatic carbocycles. The smallest absolute Gasteiger partial charge is 0.273 e. The Hall–Kier alpha value is -1.82. The van der Waals surface area contributed by atoms with Crippen molar-refractivity contribution in [3.05, 3.63) is 40.1 Å². The molecule has 1 amide bonds. The predicted molar refractivity (Wildman–Crippen MR) is 83.8 cm³/mol. The zero-order valence-electron chi connectivity index (χ0n) is 11.5. The van der Waals surface area contributed by atoms with Crippen LogP contribution in [0.2, 0.25) is 0 Å². The summed E-state index contributed by atoms with van der Waals surface area (Å²) in [7, 11) is 0. The van der Waals surface area contributed by atoms with Crippen molar-refractivity contribution in [1.29, 1.82) is 0 Å². The van der Waals surface area contributed by atoms with Crippen LogP contribution in [-0.2, 0) is 13.0 Å². The molecule has 106 valence electrons. The van der Waals surface area contributed by atoms with Gasteiger partial charge in [0.1, 0.15) is 5.69 Å². The van der Waals surface area contributed by atoms with E-state index in [9.17, 15) is 4.79 Å². The number of aryl methyl sites for hydroxylation is 2. The average Bonchev–Trinajstić information content (AvgIpc) is 2.86. The third kappa shape index (κ3) is 3.01. The topological polar surface area (TPSA) is 72.9 Å². The number of nitrogens with two attached hydrogens (primary N) is 1. The van der Waals surface area contributed by atoms with Crippen LogP contribution in [0, 0.1) is 0 Å². The van der Waals surface area contributed by atoms with Crippen molar-refractivity contribution >= 4 is 33.2 Å². The van der Waals surface area contributed by atoms with Gasteiger partial charge in [0, 0.05) is 22.4 Å². The second-order valence-corrected chi connectivity index (χ2v) is 5.23. The first-order valence-electron chi connectivity index (χ1n) is 6.48. The molecule has 2 aromatic rings. The lowest BCUT2D eigenvalue weighted by Crippen LogP contribution is -2.17. The maximum absolute atomic E-state index is 12.3. The fourth-order valence-electron chi connectivity index (χ4n) is 1.88. The molecule has 0 aliphatic heterocycles. The molecule has 3 N–H and O–H groups in total. The fourth-order valence-corrected chi connectivity index (χ4v) is 2.13. The highest BCUT2D eigenvalue weighted by Gasteiger charge is 2.14. The Morgan fingerprint density at radius 3 is 2.75 bits per heavy atom. The molecule has 6 heteroatoms. The van der Waals surface area contributed by atoms with Crippen LogP contribution in [0.1, 0.15) is 30.0 Å². The average molecular weight is 337 g/mol. The van der Waals surface area contributed by atoms with Crippen LogP contribution < -0.4 is 11.1 Å². The van der Waals surface area contributed by atoms with Gasteiger partial charge in [-0.25, -0.2) is 0 Å². The zero-order valence-corrected chi connectivity index (χ0v) is 13.1. The second kappa shape index (κ2) is 6.09. The van der Waals surface area contributed by atoms with Gasteiger partial charge in [-0.3, -0.25) is 9.48 Å². The number of nitrogens with one attached hydrogen (secondary N) is 1. The van der Waals surface area contributed by atoms with Crippen LogP contribution in [0.5, 0.6) is 0 Å². The van der Waals surface area contributed by atoms with Crippen molar-refractivity contribution in [2.75, 3.05) is 11.1 Å². The first kappa shape index (κ1) is 14.6. The molecule has 0 atom stereocenters. The Morgan fingerprint density at radius 2 is 2.15 bits per heavy atom. The Bertz CT molecular complexity index is 636. The van der Waals surface area contributed by atoms with Crippen molar-refractivity contribution in [1.82, 2.24) is 9.78 Å². The first-order valence-corrected chi connectivity index (χ1v) is 7.27. The number of anilines is 2. The largest absolute Gasteiger partial charge is 0.398 e. The lowest BCUT2D eigenvalue weighted by Gasteiger charge is -2.08. The summed E-state index contributed by atoms with van der Waals surface area (Å²) in [4.78, 5) is 12.3. The van der Waals surface area contributed by atoms with Crippen molar-refractivity contribution in [2.24, 2.45) is 0 Å². The zero-order chi connectivity index (χ0) is 14.7. The van der Waals surface area contributed by atoms with Gasteiger partial charge in [0.25, 0.3) is 5.91 Å². The number of rotatable bonds is 4. The van der Waals surface area contributed by atoms with E-state index in [1.165, 1.54) is 0 Å². The molecule has 1 aromatic carbocycles. The van der Waals surface area contributed by atoms with E-state index in [1.807, 2.05) is 19.9 Å². The Balaban J connectivity index is 2.23. The van der Waals surface area contributed by atoms with Crippen LogP contribution in [0.4, 0.5) is 11.4 Å². The summed E-state index contributed by atoms with van der Waals surface area (Å²) in [5.41, 5.74) is 8.52. The molecular weight excluding hydrogens is 320 g/mol. The molecule has 0 radical (unpaired) electrons. The monoisotopic (exact) mass is 336 g/mol. The maximum atomic E-state index is 12.3. The molecule has 0 aliphatic rings. The summed E-state index contributed by atoms with van der Waals surface area (Å²) in [6.45, 7) is 4.63. The molecular formula is C14H17BrN4O. The van der Waals surface area contributed by atoms with Gasteiger partial charge in [0.15, 0.2) is 0 Å². The number of benzene rings is 1. The Kier molecular flexibility index (Phi) is 4.44. The number of carbonyl (C=O) groups is 1. The highest BCUT2D eigenvalue weighted by molar-refractivity contribution is 9.10. The van der Waals surface area contributed by atoms with E-state index >= 15 is 0 Å².